The molecule has 92 valence electrons. The topological polar surface area (TPSA) is 53.3 Å². The minimum Gasteiger partial charge on any atom is -0.465 e. The van der Waals surface area contributed by atoms with Gasteiger partial charge in [0, 0.05) is 19.0 Å². The minimum absolute atomic E-state index is 0.194. The normalized spacial score (nSPS) is 10.5. The van der Waals surface area contributed by atoms with E-state index in [9.17, 15) is 4.79 Å². The van der Waals surface area contributed by atoms with Crippen LogP contribution in [0.3, 0.4) is 0 Å². The Bertz CT molecular complexity index is 234. The van der Waals surface area contributed by atoms with Gasteiger partial charge in [-0.25, -0.2) is 0 Å². The molecule has 0 heterocycles. The summed E-state index contributed by atoms with van der Waals surface area (Å²) in [5.41, 5.74) is 0. The van der Waals surface area contributed by atoms with Crippen LogP contribution in [0.4, 0.5) is 0 Å². The number of ether oxygens (including phenoxy) is 1. The average molecular weight is 226 g/mol. The Labute approximate surface area is 98.2 Å². The van der Waals surface area contributed by atoms with Crippen LogP contribution in [0.2, 0.25) is 0 Å². The van der Waals surface area contributed by atoms with E-state index in [0.29, 0.717) is 19.6 Å². The molecule has 0 amide bonds. The Morgan fingerprint density at radius 3 is 2.69 bits per heavy atom. The SMILES string of the molecule is CCCCOC(=O)CN(CCC#N)C(C)C. The van der Waals surface area contributed by atoms with E-state index < -0.39 is 0 Å². The van der Waals surface area contributed by atoms with Crippen molar-refractivity contribution in [2.24, 2.45) is 0 Å². The van der Waals surface area contributed by atoms with Gasteiger partial charge in [-0.3, -0.25) is 9.69 Å². The summed E-state index contributed by atoms with van der Waals surface area (Å²) in [4.78, 5) is 13.4. The van der Waals surface area contributed by atoms with Gasteiger partial charge in [0.05, 0.1) is 19.2 Å². The molecule has 0 aliphatic heterocycles. The van der Waals surface area contributed by atoms with E-state index in [2.05, 4.69) is 13.0 Å². The van der Waals surface area contributed by atoms with Crippen molar-refractivity contribution in [3.8, 4) is 6.07 Å². The van der Waals surface area contributed by atoms with Crippen molar-refractivity contribution in [2.45, 2.75) is 46.1 Å². The number of rotatable bonds is 8. The molecule has 0 aromatic rings. The highest BCUT2D eigenvalue weighted by molar-refractivity contribution is 5.71. The summed E-state index contributed by atoms with van der Waals surface area (Å²) in [6, 6.07) is 2.34. The number of unbranched alkanes of at least 4 members (excludes halogenated alkanes) is 1. The van der Waals surface area contributed by atoms with Gasteiger partial charge in [0.1, 0.15) is 0 Å². The summed E-state index contributed by atoms with van der Waals surface area (Å²) in [6.45, 7) is 7.48. The van der Waals surface area contributed by atoms with Gasteiger partial charge in [-0.05, 0) is 20.3 Å². The van der Waals surface area contributed by atoms with Crippen LogP contribution in [0.15, 0.2) is 0 Å². The molecule has 0 saturated carbocycles. The maximum atomic E-state index is 11.4. The van der Waals surface area contributed by atoms with E-state index in [1.165, 1.54) is 0 Å². The van der Waals surface area contributed by atoms with Gasteiger partial charge < -0.3 is 4.74 Å². The van der Waals surface area contributed by atoms with Crippen molar-refractivity contribution in [3.63, 3.8) is 0 Å². The Hall–Kier alpha value is -1.08. The Balaban J connectivity index is 3.89. The maximum absolute atomic E-state index is 11.4. The smallest absolute Gasteiger partial charge is 0.320 e. The molecule has 16 heavy (non-hydrogen) atoms. The average Bonchev–Trinajstić information content (AvgIpc) is 2.24. The van der Waals surface area contributed by atoms with E-state index in [4.69, 9.17) is 10.00 Å². The molecule has 0 fully saturated rings. The summed E-state index contributed by atoms with van der Waals surface area (Å²) in [6.07, 6.45) is 2.38. The van der Waals surface area contributed by atoms with Crippen molar-refractivity contribution >= 4 is 5.97 Å². The number of carbonyl (C=O) groups excluding carboxylic acids is 1. The van der Waals surface area contributed by atoms with Crippen LogP contribution in [-0.2, 0) is 9.53 Å². The van der Waals surface area contributed by atoms with Gasteiger partial charge >= 0.3 is 5.97 Å². The summed E-state index contributed by atoms with van der Waals surface area (Å²) < 4.78 is 5.08. The molecule has 0 N–H and O–H groups in total. The lowest BCUT2D eigenvalue weighted by Gasteiger charge is -2.24. The quantitative estimate of drug-likeness (QED) is 0.469. The molecule has 0 spiro atoms. The summed E-state index contributed by atoms with van der Waals surface area (Å²) in [5, 5.41) is 8.51. The van der Waals surface area contributed by atoms with E-state index in [0.717, 1.165) is 12.8 Å². The molecule has 0 radical (unpaired) electrons. The molecule has 0 aromatic heterocycles. The summed E-state index contributed by atoms with van der Waals surface area (Å²) in [5.74, 6) is -0.194. The molecule has 4 heteroatoms. The predicted molar refractivity (Wildman–Crippen MR) is 62.8 cm³/mol. The molecule has 4 nitrogen and oxygen atoms in total. The van der Waals surface area contributed by atoms with E-state index in [1.807, 2.05) is 18.7 Å². The molecular weight excluding hydrogens is 204 g/mol. The highest BCUT2D eigenvalue weighted by Gasteiger charge is 2.14. The number of hydrogen-bond acceptors (Lipinski definition) is 4. The van der Waals surface area contributed by atoms with Crippen molar-refractivity contribution < 1.29 is 9.53 Å². The summed E-state index contributed by atoms with van der Waals surface area (Å²) in [7, 11) is 0. The lowest BCUT2D eigenvalue weighted by atomic mass is 10.3. The van der Waals surface area contributed by atoms with Crippen LogP contribution in [0, 0.1) is 11.3 Å². The van der Waals surface area contributed by atoms with E-state index >= 15 is 0 Å². The largest absolute Gasteiger partial charge is 0.465 e. The maximum Gasteiger partial charge on any atom is 0.320 e. The third kappa shape index (κ3) is 7.24. The van der Waals surface area contributed by atoms with Crippen LogP contribution in [-0.4, -0.2) is 36.6 Å². The second kappa shape index (κ2) is 9.17. The van der Waals surface area contributed by atoms with Gasteiger partial charge in [0.25, 0.3) is 0 Å². The van der Waals surface area contributed by atoms with Crippen LogP contribution >= 0.6 is 0 Å². The van der Waals surface area contributed by atoms with E-state index in [1.54, 1.807) is 0 Å². The monoisotopic (exact) mass is 226 g/mol. The van der Waals surface area contributed by atoms with Crippen LogP contribution in [0.5, 0.6) is 0 Å². The molecule has 0 aromatic carbocycles. The molecule has 0 aliphatic carbocycles. The zero-order valence-corrected chi connectivity index (χ0v) is 10.5. The Kier molecular flexibility index (Phi) is 8.55. The number of nitriles is 1. The fourth-order valence-electron chi connectivity index (χ4n) is 1.26. The van der Waals surface area contributed by atoms with Gasteiger partial charge in [-0.15, -0.1) is 0 Å². The van der Waals surface area contributed by atoms with Crippen molar-refractivity contribution in [1.82, 2.24) is 4.90 Å². The van der Waals surface area contributed by atoms with Gasteiger partial charge in [0.15, 0.2) is 0 Å². The van der Waals surface area contributed by atoms with Crippen LogP contribution in [0.1, 0.15) is 40.0 Å². The molecule has 0 aliphatic rings. The Morgan fingerprint density at radius 2 is 2.19 bits per heavy atom. The number of carbonyl (C=O) groups is 1. The second-order valence-corrected chi connectivity index (χ2v) is 4.05. The Morgan fingerprint density at radius 1 is 1.50 bits per heavy atom. The van der Waals surface area contributed by atoms with Gasteiger partial charge in [-0.1, -0.05) is 13.3 Å². The van der Waals surface area contributed by atoms with Gasteiger partial charge in [-0.2, -0.15) is 5.26 Å². The zero-order chi connectivity index (χ0) is 12.4. The van der Waals surface area contributed by atoms with Crippen LogP contribution < -0.4 is 0 Å². The highest BCUT2D eigenvalue weighted by atomic mass is 16.5. The fourth-order valence-corrected chi connectivity index (χ4v) is 1.26. The van der Waals surface area contributed by atoms with Gasteiger partial charge in [0.2, 0.25) is 0 Å². The third-order valence-electron chi connectivity index (χ3n) is 2.33. The highest BCUT2D eigenvalue weighted by Crippen LogP contribution is 2.00. The standard InChI is InChI=1S/C12H22N2O2/c1-4-5-9-16-12(15)10-14(11(2)3)8-6-7-13/h11H,4-6,8-10H2,1-3H3. The number of nitrogens with zero attached hydrogens (tertiary/aromatic N) is 2. The minimum atomic E-state index is -0.194. The van der Waals surface area contributed by atoms with Crippen molar-refractivity contribution in [3.05, 3.63) is 0 Å². The number of esters is 1. The first-order valence-corrected chi connectivity index (χ1v) is 5.88. The molecule has 0 bridgehead atoms. The lowest BCUT2D eigenvalue weighted by molar-refractivity contribution is -0.145. The molecule has 0 atom stereocenters. The second-order valence-electron chi connectivity index (χ2n) is 4.05. The number of hydrogen-bond donors (Lipinski definition) is 0. The molecule has 0 saturated heterocycles. The van der Waals surface area contributed by atoms with Crippen LogP contribution in [0.25, 0.3) is 0 Å². The first kappa shape index (κ1) is 14.9. The van der Waals surface area contributed by atoms with E-state index in [-0.39, 0.29) is 18.6 Å². The molecular formula is C12H22N2O2. The first-order chi connectivity index (χ1) is 7.61. The first-order valence-electron chi connectivity index (χ1n) is 5.88. The fraction of sp³-hybridized carbons (Fsp3) is 0.833. The summed E-state index contributed by atoms with van der Waals surface area (Å²) >= 11 is 0. The molecule has 0 unspecified atom stereocenters. The van der Waals surface area contributed by atoms with Crippen molar-refractivity contribution in [2.75, 3.05) is 19.7 Å². The molecule has 0 rings (SSSR count). The third-order valence-corrected chi connectivity index (χ3v) is 2.33. The zero-order valence-electron chi connectivity index (χ0n) is 10.5. The predicted octanol–water partition coefficient (Wildman–Crippen LogP) is 1.95. The van der Waals surface area contributed by atoms with Crippen molar-refractivity contribution in [1.29, 1.82) is 5.26 Å². The lowest BCUT2D eigenvalue weighted by Crippen LogP contribution is -2.37.